The quantitative estimate of drug-likeness (QED) is 0.0442. The number of imide groups is 1. The maximum Gasteiger partial charge on any atom is 0.255 e. The number of methoxy groups -OCH3 is 1. The second kappa shape index (κ2) is 22.6. The smallest absolute Gasteiger partial charge is 0.255 e. The number of carbonyl (C=O) groups is 5. The lowest BCUT2D eigenvalue weighted by atomic mass is 10.0. The zero-order chi connectivity index (χ0) is 46.7. The Bertz CT molecular complexity index is 2400. The van der Waals surface area contributed by atoms with Crippen molar-refractivity contribution in [3.63, 3.8) is 0 Å². The van der Waals surface area contributed by atoms with E-state index in [2.05, 4.69) is 36.5 Å². The summed E-state index contributed by atoms with van der Waals surface area (Å²) in [5.41, 5.74) is 3.41. The van der Waals surface area contributed by atoms with E-state index in [4.69, 9.17) is 26.1 Å². The van der Waals surface area contributed by atoms with Gasteiger partial charge in [-0.05, 0) is 74.7 Å². The molecule has 0 bridgehead atoms. The van der Waals surface area contributed by atoms with Crippen molar-refractivity contribution in [1.82, 2.24) is 30.8 Å². The van der Waals surface area contributed by atoms with E-state index in [1.807, 2.05) is 26.1 Å². The molecule has 352 valence electrons. The number of ether oxygens (including phenoxy) is 2. The standard InChI is InChI=1S/C46H57ClN10O8S/c1-4-34-45(63)55(2)36-25-50-46(54-41(36)56(34)26-29-14-17-38(47)66-29)52-33-15-13-28(24-37(33)64-3)42(60)49-21-23-65-22-20-48-19-8-6-5-7-12-39(58)51-32-11-9-10-30-31(32)27-57(44(30)62)35-16-18-40(59)53-43(35)61/h9-11,13-15,17,24-25,34-35,45,48,63H,4-8,12,16,18-23,26-27H2,1-3H3,(H,49,60)(H,51,58)(H,50,52,54)(H,53,59,61)/t34-,35?,45?/m1/s1. The summed E-state index contributed by atoms with van der Waals surface area (Å²) in [4.78, 5) is 78.6. The average Bonchev–Trinajstić information content (AvgIpc) is 3.88. The minimum absolute atomic E-state index is 0.129. The predicted octanol–water partition coefficient (Wildman–Crippen LogP) is 5.18. The third-order valence-electron chi connectivity index (χ3n) is 11.9. The van der Waals surface area contributed by atoms with E-state index in [1.165, 1.54) is 23.3 Å². The number of anilines is 5. The van der Waals surface area contributed by atoms with Crippen LogP contribution in [0.1, 0.15) is 89.4 Å². The van der Waals surface area contributed by atoms with E-state index < -0.39 is 18.2 Å². The van der Waals surface area contributed by atoms with Gasteiger partial charge in [0.1, 0.15) is 23.7 Å². The van der Waals surface area contributed by atoms with E-state index in [0.717, 1.165) is 37.1 Å². The molecule has 7 rings (SSSR count). The van der Waals surface area contributed by atoms with Crippen molar-refractivity contribution >= 4 is 81.3 Å². The number of nitrogens with zero attached hydrogens (tertiary/aromatic N) is 5. The van der Waals surface area contributed by atoms with Crippen LogP contribution in [0.3, 0.4) is 0 Å². The molecular formula is C46H57ClN10O8S. The van der Waals surface area contributed by atoms with E-state index in [1.54, 1.807) is 47.5 Å². The van der Waals surface area contributed by atoms with Gasteiger partial charge in [-0.3, -0.25) is 29.3 Å². The largest absolute Gasteiger partial charge is 0.495 e. The number of aromatic nitrogens is 2. The summed E-state index contributed by atoms with van der Waals surface area (Å²) < 4.78 is 12.0. The molecule has 3 aliphatic rings. The predicted molar refractivity (Wildman–Crippen MR) is 253 cm³/mol. The maximum atomic E-state index is 13.1. The minimum atomic E-state index is -0.745. The third-order valence-corrected chi connectivity index (χ3v) is 13.2. The number of piperidine rings is 1. The molecule has 1 fully saturated rings. The van der Waals surface area contributed by atoms with Crippen molar-refractivity contribution in [3.05, 3.63) is 80.6 Å². The lowest BCUT2D eigenvalue weighted by molar-refractivity contribution is -0.137. The molecule has 5 heterocycles. The van der Waals surface area contributed by atoms with Crippen LogP contribution in [0.4, 0.5) is 28.8 Å². The molecule has 66 heavy (non-hydrogen) atoms. The lowest BCUT2D eigenvalue weighted by Gasteiger charge is -2.45. The highest BCUT2D eigenvalue weighted by Crippen LogP contribution is 2.39. The van der Waals surface area contributed by atoms with Crippen LogP contribution in [-0.4, -0.2) is 115 Å². The van der Waals surface area contributed by atoms with E-state index in [0.29, 0.717) is 101 Å². The van der Waals surface area contributed by atoms with Crippen LogP contribution in [0.2, 0.25) is 4.34 Å². The summed E-state index contributed by atoms with van der Waals surface area (Å²) in [6.07, 6.45) is 5.98. The number of aliphatic hydroxyl groups is 1. The van der Waals surface area contributed by atoms with Crippen molar-refractivity contribution in [1.29, 1.82) is 0 Å². The molecule has 3 aliphatic heterocycles. The lowest BCUT2D eigenvalue weighted by Crippen LogP contribution is -2.55. The number of amides is 5. The second-order valence-corrected chi connectivity index (χ2v) is 18.1. The number of carbonyl (C=O) groups excluding carboxylic acids is 5. The van der Waals surface area contributed by atoms with Crippen molar-refractivity contribution < 1.29 is 38.6 Å². The van der Waals surface area contributed by atoms with Gasteiger partial charge in [0.15, 0.2) is 5.82 Å². The second-order valence-electron chi connectivity index (χ2n) is 16.3. The Morgan fingerprint density at radius 3 is 2.61 bits per heavy atom. The molecule has 1 saturated heterocycles. The first kappa shape index (κ1) is 48.1. The Kier molecular flexibility index (Phi) is 16.4. The first-order chi connectivity index (χ1) is 31.9. The minimum Gasteiger partial charge on any atom is -0.495 e. The molecule has 20 heteroatoms. The Balaban J connectivity index is 0.761. The fourth-order valence-corrected chi connectivity index (χ4v) is 9.49. The van der Waals surface area contributed by atoms with Gasteiger partial charge in [0.25, 0.3) is 11.8 Å². The highest BCUT2D eigenvalue weighted by atomic mass is 35.5. The molecule has 6 N–H and O–H groups in total. The van der Waals surface area contributed by atoms with Crippen molar-refractivity contribution in [2.24, 2.45) is 0 Å². The molecule has 4 aromatic rings. The Morgan fingerprint density at radius 1 is 1.02 bits per heavy atom. The van der Waals surface area contributed by atoms with Crippen LogP contribution in [0.25, 0.3) is 0 Å². The monoisotopic (exact) mass is 944 g/mol. The van der Waals surface area contributed by atoms with Crippen molar-refractivity contribution in [2.75, 3.05) is 67.4 Å². The van der Waals surface area contributed by atoms with Crippen LogP contribution >= 0.6 is 22.9 Å². The van der Waals surface area contributed by atoms with Gasteiger partial charge < -0.3 is 50.5 Å². The summed E-state index contributed by atoms with van der Waals surface area (Å²) in [6.45, 7) is 5.42. The normalized spacial score (nSPS) is 17.9. The number of hydrogen-bond acceptors (Lipinski definition) is 15. The fraction of sp³-hybridized carbons (Fsp3) is 0.457. The fourth-order valence-electron chi connectivity index (χ4n) is 8.40. The van der Waals surface area contributed by atoms with Gasteiger partial charge in [-0.1, -0.05) is 37.4 Å². The van der Waals surface area contributed by atoms with Gasteiger partial charge in [0, 0.05) is 66.8 Å². The number of likely N-dealkylation sites (N-methyl/N-ethyl adjacent to an activating group) is 1. The highest BCUT2D eigenvalue weighted by Gasteiger charge is 2.40. The van der Waals surface area contributed by atoms with Crippen LogP contribution in [0.5, 0.6) is 5.75 Å². The Morgan fingerprint density at radius 2 is 1.83 bits per heavy atom. The number of fused-ring (bicyclic) bond motifs is 2. The number of rotatable bonds is 22. The third kappa shape index (κ3) is 11.6. The number of hydrogen-bond donors (Lipinski definition) is 6. The highest BCUT2D eigenvalue weighted by molar-refractivity contribution is 7.16. The molecule has 0 saturated carbocycles. The van der Waals surface area contributed by atoms with Gasteiger partial charge in [-0.15, -0.1) is 11.3 Å². The van der Waals surface area contributed by atoms with Gasteiger partial charge in [0.05, 0.1) is 49.1 Å². The number of thiophene rings is 1. The summed E-state index contributed by atoms with van der Waals surface area (Å²) in [5.74, 6) is -0.0261. The maximum absolute atomic E-state index is 13.1. The van der Waals surface area contributed by atoms with Gasteiger partial charge in [-0.2, -0.15) is 4.98 Å². The number of halogens is 1. The topological polar surface area (TPSA) is 220 Å². The number of aliphatic hydroxyl groups excluding tert-OH is 1. The van der Waals surface area contributed by atoms with E-state index >= 15 is 0 Å². The number of unbranched alkanes of at least 4 members (excludes halogenated alkanes) is 3. The van der Waals surface area contributed by atoms with E-state index in [9.17, 15) is 29.1 Å². The van der Waals surface area contributed by atoms with Crippen LogP contribution in [-0.2, 0) is 32.2 Å². The molecule has 2 aromatic carbocycles. The SMILES string of the molecule is CC[C@@H]1C(O)N(C)c2cnc(Nc3ccc(C(=O)NCCOCCNCCCCCCC(=O)Nc4cccc5c4CN(C4CCC(=O)NC4=O)C5=O)cc3OC)nc2N1Cc1ccc(Cl)s1. The molecule has 0 aliphatic carbocycles. The molecule has 3 atom stereocenters. The Labute approximate surface area is 392 Å². The van der Waals surface area contributed by atoms with Crippen LogP contribution in [0.15, 0.2) is 54.7 Å². The van der Waals surface area contributed by atoms with Gasteiger partial charge in [-0.25, -0.2) is 4.98 Å². The first-order valence-corrected chi connectivity index (χ1v) is 23.5. The van der Waals surface area contributed by atoms with Crippen LogP contribution in [0, 0.1) is 0 Å². The molecule has 2 aromatic heterocycles. The Hall–Kier alpha value is -5.86. The summed E-state index contributed by atoms with van der Waals surface area (Å²) >= 11 is 7.72. The molecule has 5 amide bonds. The van der Waals surface area contributed by atoms with E-state index in [-0.39, 0.29) is 49.1 Å². The van der Waals surface area contributed by atoms with Crippen molar-refractivity contribution in [3.8, 4) is 5.75 Å². The average molecular weight is 946 g/mol. The van der Waals surface area contributed by atoms with Crippen molar-refractivity contribution in [2.45, 2.75) is 89.7 Å². The van der Waals surface area contributed by atoms with Crippen LogP contribution < -0.4 is 41.1 Å². The summed E-state index contributed by atoms with van der Waals surface area (Å²) in [7, 11) is 3.36. The molecule has 0 spiro atoms. The summed E-state index contributed by atoms with van der Waals surface area (Å²) in [5, 5.41) is 25.9. The molecule has 2 unspecified atom stereocenters. The molecular weight excluding hydrogens is 888 g/mol. The number of nitrogens with one attached hydrogen (secondary N) is 5. The zero-order valence-corrected chi connectivity index (χ0v) is 38.9. The molecule has 18 nitrogen and oxygen atoms in total. The van der Waals surface area contributed by atoms with Gasteiger partial charge >= 0.3 is 0 Å². The molecule has 0 radical (unpaired) electrons. The summed E-state index contributed by atoms with van der Waals surface area (Å²) in [6, 6.07) is 13.2. The number of benzene rings is 2. The zero-order valence-electron chi connectivity index (χ0n) is 37.4. The first-order valence-electron chi connectivity index (χ1n) is 22.3. The van der Waals surface area contributed by atoms with Gasteiger partial charge in [0.2, 0.25) is 23.7 Å².